The Hall–Kier alpha value is -2.28. The van der Waals surface area contributed by atoms with E-state index in [1.165, 1.54) is 16.2 Å². The van der Waals surface area contributed by atoms with Gasteiger partial charge in [-0.3, -0.25) is 9.69 Å². The Morgan fingerprint density at radius 1 is 1.26 bits per heavy atom. The fourth-order valence-electron chi connectivity index (χ4n) is 3.26. The predicted molar refractivity (Wildman–Crippen MR) is 107 cm³/mol. The molecule has 1 heterocycles. The first-order valence-electron chi connectivity index (χ1n) is 9.62. The van der Waals surface area contributed by atoms with Crippen LogP contribution in [0.3, 0.4) is 0 Å². The second-order valence-electron chi connectivity index (χ2n) is 7.37. The summed E-state index contributed by atoms with van der Waals surface area (Å²) in [6.07, 6.45) is 0.887. The molecule has 2 N–H and O–H groups in total. The number of anilines is 1. The second-order valence-corrected chi connectivity index (χ2v) is 7.37. The van der Waals surface area contributed by atoms with Crippen LogP contribution in [0.2, 0.25) is 0 Å². The maximum absolute atomic E-state index is 12.0. The lowest BCUT2D eigenvalue weighted by Crippen LogP contribution is -2.47. The molecule has 0 spiro atoms. The smallest absolute Gasteiger partial charge is 0.317 e. The van der Waals surface area contributed by atoms with Crippen molar-refractivity contribution < 1.29 is 14.7 Å². The van der Waals surface area contributed by atoms with Crippen LogP contribution in [0.1, 0.15) is 18.9 Å². The molecular weight excluding hydrogens is 344 g/mol. The minimum atomic E-state index is -0.889. The van der Waals surface area contributed by atoms with Crippen molar-refractivity contribution in [1.29, 1.82) is 0 Å². The molecule has 1 atom stereocenters. The minimum Gasteiger partial charge on any atom is -0.481 e. The van der Waals surface area contributed by atoms with Gasteiger partial charge < -0.3 is 20.2 Å². The number of urea groups is 1. The van der Waals surface area contributed by atoms with Crippen molar-refractivity contribution in [3.63, 3.8) is 0 Å². The van der Waals surface area contributed by atoms with E-state index >= 15 is 0 Å². The van der Waals surface area contributed by atoms with Crippen molar-refractivity contribution >= 4 is 17.7 Å². The third-order valence-electron chi connectivity index (χ3n) is 4.98. The van der Waals surface area contributed by atoms with E-state index in [4.69, 9.17) is 5.11 Å². The van der Waals surface area contributed by atoms with Crippen LogP contribution in [-0.2, 0) is 4.79 Å². The summed E-state index contributed by atoms with van der Waals surface area (Å²) in [5, 5.41) is 11.8. The van der Waals surface area contributed by atoms with Gasteiger partial charge in [0.2, 0.25) is 0 Å². The monoisotopic (exact) mass is 376 g/mol. The Labute approximate surface area is 161 Å². The molecule has 1 unspecified atom stereocenters. The minimum absolute atomic E-state index is 0.210. The van der Waals surface area contributed by atoms with Crippen LogP contribution in [0.5, 0.6) is 0 Å². The largest absolute Gasteiger partial charge is 0.481 e. The summed E-state index contributed by atoms with van der Waals surface area (Å²) in [6.45, 7) is 9.57. The Kier molecular flexibility index (Phi) is 7.91. The number of carbonyl (C=O) groups excluding carboxylic acids is 1. The summed E-state index contributed by atoms with van der Waals surface area (Å²) in [5.74, 6) is -1.45. The highest BCUT2D eigenvalue weighted by Crippen LogP contribution is 2.17. The van der Waals surface area contributed by atoms with E-state index in [1.54, 1.807) is 14.0 Å². The van der Waals surface area contributed by atoms with E-state index in [9.17, 15) is 9.59 Å². The van der Waals surface area contributed by atoms with Gasteiger partial charge in [-0.05, 0) is 37.6 Å². The van der Waals surface area contributed by atoms with E-state index in [0.29, 0.717) is 6.54 Å². The number of benzene rings is 1. The van der Waals surface area contributed by atoms with Gasteiger partial charge in [0.1, 0.15) is 0 Å². The Morgan fingerprint density at radius 2 is 1.96 bits per heavy atom. The quantitative estimate of drug-likeness (QED) is 0.678. The summed E-state index contributed by atoms with van der Waals surface area (Å²) < 4.78 is 0. The van der Waals surface area contributed by atoms with E-state index in [-0.39, 0.29) is 12.6 Å². The number of hydrogen-bond donors (Lipinski definition) is 2. The summed E-state index contributed by atoms with van der Waals surface area (Å²) in [4.78, 5) is 29.1. The van der Waals surface area contributed by atoms with Gasteiger partial charge in [0.05, 0.1) is 5.92 Å². The molecule has 1 aromatic rings. The number of carboxylic acid groups (broad SMARTS) is 1. The SMILES string of the molecule is Cc1cccc(N2CCN(CCCNC(=O)N(C)CC(C)C(=O)O)CC2)c1. The highest BCUT2D eigenvalue weighted by molar-refractivity contribution is 5.75. The van der Waals surface area contributed by atoms with Crippen LogP contribution >= 0.6 is 0 Å². The van der Waals surface area contributed by atoms with Crippen LogP contribution in [0.15, 0.2) is 24.3 Å². The number of piperazine rings is 1. The number of aryl methyl sites for hydroxylation is 1. The van der Waals surface area contributed by atoms with Crippen LogP contribution in [-0.4, -0.2) is 79.8 Å². The van der Waals surface area contributed by atoms with Gasteiger partial charge >= 0.3 is 12.0 Å². The van der Waals surface area contributed by atoms with Gasteiger partial charge in [0, 0.05) is 52.0 Å². The molecule has 1 aliphatic heterocycles. The average molecular weight is 377 g/mol. The fourth-order valence-corrected chi connectivity index (χ4v) is 3.26. The van der Waals surface area contributed by atoms with E-state index in [1.807, 2.05) is 0 Å². The normalized spacial score (nSPS) is 16.0. The van der Waals surface area contributed by atoms with Gasteiger partial charge in [0.15, 0.2) is 0 Å². The molecule has 0 aromatic heterocycles. The lowest BCUT2D eigenvalue weighted by Gasteiger charge is -2.36. The summed E-state index contributed by atoms with van der Waals surface area (Å²) in [6, 6.07) is 8.40. The van der Waals surface area contributed by atoms with Gasteiger partial charge in [-0.1, -0.05) is 19.1 Å². The van der Waals surface area contributed by atoms with Crippen LogP contribution < -0.4 is 10.2 Å². The highest BCUT2D eigenvalue weighted by atomic mass is 16.4. The Morgan fingerprint density at radius 3 is 2.59 bits per heavy atom. The number of carbonyl (C=O) groups is 2. The van der Waals surface area contributed by atoms with Crippen LogP contribution in [0.25, 0.3) is 0 Å². The first kappa shape index (κ1) is 21.0. The number of rotatable bonds is 8. The zero-order valence-electron chi connectivity index (χ0n) is 16.6. The van der Waals surface area contributed by atoms with Crippen LogP contribution in [0, 0.1) is 12.8 Å². The third kappa shape index (κ3) is 6.75. The predicted octanol–water partition coefficient (Wildman–Crippen LogP) is 1.87. The van der Waals surface area contributed by atoms with Crippen molar-refractivity contribution in [1.82, 2.24) is 15.1 Å². The molecule has 0 bridgehead atoms. The first-order valence-corrected chi connectivity index (χ1v) is 9.62. The molecule has 27 heavy (non-hydrogen) atoms. The molecule has 0 saturated carbocycles. The maximum atomic E-state index is 12.0. The molecule has 1 saturated heterocycles. The lowest BCUT2D eigenvalue weighted by molar-refractivity contribution is -0.141. The molecule has 2 rings (SSSR count). The lowest BCUT2D eigenvalue weighted by atomic mass is 10.2. The Balaban J connectivity index is 1.62. The van der Waals surface area contributed by atoms with Gasteiger partial charge in [-0.15, -0.1) is 0 Å². The summed E-state index contributed by atoms with van der Waals surface area (Å²) in [7, 11) is 1.62. The van der Waals surface area contributed by atoms with Gasteiger partial charge in [0.25, 0.3) is 0 Å². The molecular formula is C20H32N4O3. The van der Waals surface area contributed by atoms with Crippen molar-refractivity contribution in [2.45, 2.75) is 20.3 Å². The average Bonchev–Trinajstić information content (AvgIpc) is 2.65. The van der Waals surface area contributed by atoms with Gasteiger partial charge in [-0.25, -0.2) is 4.79 Å². The molecule has 7 nitrogen and oxygen atoms in total. The van der Waals surface area contributed by atoms with Crippen molar-refractivity contribution in [2.24, 2.45) is 5.92 Å². The molecule has 150 valence electrons. The van der Waals surface area contributed by atoms with Crippen LogP contribution in [0.4, 0.5) is 10.5 Å². The fraction of sp³-hybridized carbons (Fsp3) is 0.600. The number of carboxylic acids is 1. The zero-order valence-corrected chi connectivity index (χ0v) is 16.6. The van der Waals surface area contributed by atoms with Crippen molar-refractivity contribution in [2.75, 3.05) is 57.8 Å². The number of amides is 2. The Bertz CT molecular complexity index is 629. The number of aliphatic carboxylic acids is 1. The molecule has 1 aromatic carbocycles. The molecule has 1 fully saturated rings. The van der Waals surface area contributed by atoms with E-state index in [2.05, 4.69) is 46.3 Å². The van der Waals surface area contributed by atoms with Crippen molar-refractivity contribution in [3.05, 3.63) is 29.8 Å². The first-order chi connectivity index (χ1) is 12.9. The highest BCUT2D eigenvalue weighted by Gasteiger charge is 2.18. The maximum Gasteiger partial charge on any atom is 0.317 e. The number of nitrogens with zero attached hydrogens (tertiary/aromatic N) is 3. The van der Waals surface area contributed by atoms with Crippen molar-refractivity contribution in [3.8, 4) is 0 Å². The van der Waals surface area contributed by atoms with E-state index in [0.717, 1.165) is 39.1 Å². The standard InChI is InChI=1S/C20H32N4O3/c1-16-6-4-7-18(14-16)24-12-10-23(11-13-24)9-5-8-21-20(27)22(3)15-17(2)19(25)26/h4,6-7,14,17H,5,8-13,15H2,1-3H3,(H,21,27)(H,25,26). The molecule has 2 amide bonds. The second kappa shape index (κ2) is 10.2. The molecule has 1 aliphatic rings. The molecule has 7 heteroatoms. The van der Waals surface area contributed by atoms with Gasteiger partial charge in [-0.2, -0.15) is 0 Å². The third-order valence-corrected chi connectivity index (χ3v) is 4.98. The molecule has 0 aliphatic carbocycles. The zero-order chi connectivity index (χ0) is 19.8. The molecule has 0 radical (unpaired) electrons. The number of nitrogens with one attached hydrogen (secondary N) is 1. The summed E-state index contributed by atoms with van der Waals surface area (Å²) >= 11 is 0. The summed E-state index contributed by atoms with van der Waals surface area (Å²) in [5.41, 5.74) is 2.58. The topological polar surface area (TPSA) is 76.1 Å². The number of hydrogen-bond acceptors (Lipinski definition) is 4. The van der Waals surface area contributed by atoms with E-state index < -0.39 is 11.9 Å².